The van der Waals surface area contributed by atoms with Gasteiger partial charge in [-0.15, -0.1) is 0 Å². The molecule has 38 heavy (non-hydrogen) atoms. The fourth-order valence-electron chi connectivity index (χ4n) is 5.53. The number of hydrogen-bond donors (Lipinski definition) is 2. The molecule has 4 rings (SSSR count). The Morgan fingerprint density at radius 2 is 1.50 bits per heavy atom. The number of nitrogens with zero attached hydrogens (tertiary/aromatic N) is 2. The molecule has 0 aliphatic carbocycles. The lowest BCUT2D eigenvalue weighted by molar-refractivity contribution is 0.0622. The van der Waals surface area contributed by atoms with Gasteiger partial charge < -0.3 is 5.32 Å². The molecule has 8 heteroatoms. The molecule has 4 nitrogen and oxygen atoms in total. The molecule has 0 radical (unpaired) electrons. The zero-order valence-corrected chi connectivity index (χ0v) is 22.0. The minimum Gasteiger partial charge on any atom is -0.379 e. The van der Waals surface area contributed by atoms with Crippen LogP contribution in [-0.4, -0.2) is 49.1 Å². The second kappa shape index (κ2) is 12.7. The van der Waals surface area contributed by atoms with Crippen molar-refractivity contribution in [3.63, 3.8) is 0 Å². The summed E-state index contributed by atoms with van der Waals surface area (Å²) in [6.07, 6.45) is 2.13. The molecule has 2 unspecified atom stereocenters. The van der Waals surface area contributed by atoms with E-state index < -0.39 is 17.3 Å². The third-order valence-electron chi connectivity index (χ3n) is 7.47. The van der Waals surface area contributed by atoms with Crippen LogP contribution in [0, 0.1) is 23.3 Å². The Bertz CT molecular complexity index is 1200. The van der Waals surface area contributed by atoms with Crippen molar-refractivity contribution in [3.8, 4) is 0 Å². The van der Waals surface area contributed by atoms with E-state index in [1.165, 1.54) is 18.2 Å². The van der Waals surface area contributed by atoms with Gasteiger partial charge in [-0.3, -0.25) is 15.1 Å². The lowest BCUT2D eigenvalue weighted by Crippen LogP contribution is -2.61. The molecule has 2 atom stereocenters. The number of rotatable bonds is 12. The summed E-state index contributed by atoms with van der Waals surface area (Å²) in [5.74, 6) is -1.82. The second-order valence-electron chi connectivity index (χ2n) is 9.72. The summed E-state index contributed by atoms with van der Waals surface area (Å²) in [4.78, 5) is 4.47. The van der Waals surface area contributed by atoms with Crippen LogP contribution in [0.5, 0.6) is 0 Å². The van der Waals surface area contributed by atoms with Gasteiger partial charge in [0.1, 0.15) is 28.9 Å². The second-order valence-corrected chi connectivity index (χ2v) is 9.72. The Balaban J connectivity index is 1.74. The molecule has 1 saturated heterocycles. The van der Waals surface area contributed by atoms with Crippen molar-refractivity contribution in [3.05, 3.63) is 101 Å². The van der Waals surface area contributed by atoms with Gasteiger partial charge in [0.15, 0.2) is 0 Å². The first kappa shape index (κ1) is 28.1. The molecule has 0 aromatic heterocycles. The molecule has 0 spiro atoms. The van der Waals surface area contributed by atoms with Gasteiger partial charge in [-0.1, -0.05) is 38.1 Å². The van der Waals surface area contributed by atoms with Gasteiger partial charge in [-0.2, -0.15) is 0 Å². The monoisotopic (exact) mass is 528 g/mol. The van der Waals surface area contributed by atoms with Gasteiger partial charge >= 0.3 is 0 Å². The maximum atomic E-state index is 14.6. The van der Waals surface area contributed by atoms with Crippen molar-refractivity contribution in [2.24, 2.45) is 0 Å². The van der Waals surface area contributed by atoms with Gasteiger partial charge in [0.05, 0.1) is 12.2 Å². The number of nitrogens with one attached hydrogen (secondary N) is 2. The summed E-state index contributed by atoms with van der Waals surface area (Å²) in [6, 6.07) is 16.1. The summed E-state index contributed by atoms with van der Waals surface area (Å²) in [7, 11) is 0. The molecule has 3 aromatic rings. The van der Waals surface area contributed by atoms with Gasteiger partial charge in [0, 0.05) is 12.6 Å². The molecule has 0 amide bonds. The van der Waals surface area contributed by atoms with Crippen LogP contribution in [0.3, 0.4) is 0 Å². The smallest absolute Gasteiger partial charge is 0.146 e. The topological polar surface area (TPSA) is 30.5 Å². The minimum absolute atomic E-state index is 0.0287. The predicted octanol–water partition coefficient (Wildman–Crippen LogP) is 6.28. The van der Waals surface area contributed by atoms with Crippen molar-refractivity contribution in [2.45, 2.75) is 38.4 Å². The third-order valence-corrected chi connectivity index (χ3v) is 7.47. The lowest BCUT2D eigenvalue weighted by atomic mass is 9.94. The van der Waals surface area contributed by atoms with Gasteiger partial charge in [0.25, 0.3) is 0 Å². The summed E-state index contributed by atoms with van der Waals surface area (Å²) < 4.78 is 57.4. The highest BCUT2D eigenvalue weighted by molar-refractivity contribution is 5.46. The third kappa shape index (κ3) is 6.37. The summed E-state index contributed by atoms with van der Waals surface area (Å²) >= 11 is 0. The summed E-state index contributed by atoms with van der Waals surface area (Å²) in [5, 5.41) is 6.78. The number of benzene rings is 3. The van der Waals surface area contributed by atoms with E-state index in [0.29, 0.717) is 25.2 Å². The average Bonchev–Trinajstić information content (AvgIpc) is 3.44. The lowest BCUT2D eigenvalue weighted by Gasteiger charge is -2.46. The van der Waals surface area contributed by atoms with Crippen LogP contribution in [0.4, 0.5) is 23.2 Å². The Hall–Kier alpha value is -2.94. The largest absolute Gasteiger partial charge is 0.379 e. The highest BCUT2D eigenvalue weighted by atomic mass is 19.1. The molecular formula is C30H36F4N4. The Kier molecular flexibility index (Phi) is 9.41. The van der Waals surface area contributed by atoms with E-state index in [0.717, 1.165) is 49.7 Å². The first-order valence-corrected chi connectivity index (χ1v) is 13.3. The summed E-state index contributed by atoms with van der Waals surface area (Å²) in [5.41, 5.74) is 0.567. The number of likely N-dealkylation sites (tertiary alicyclic amines) is 1. The van der Waals surface area contributed by atoms with Crippen molar-refractivity contribution in [1.29, 1.82) is 0 Å². The first-order chi connectivity index (χ1) is 18.4. The van der Waals surface area contributed by atoms with E-state index >= 15 is 0 Å². The minimum atomic E-state index is -0.977. The zero-order chi connectivity index (χ0) is 27.1. The Morgan fingerprint density at radius 3 is 2.16 bits per heavy atom. The quantitative estimate of drug-likeness (QED) is 0.214. The molecule has 0 bridgehead atoms. The van der Waals surface area contributed by atoms with E-state index in [9.17, 15) is 17.6 Å². The van der Waals surface area contributed by atoms with E-state index in [1.807, 2.05) is 26.0 Å². The van der Waals surface area contributed by atoms with E-state index in [-0.39, 0.29) is 29.9 Å². The number of halogens is 4. The van der Waals surface area contributed by atoms with Crippen LogP contribution >= 0.6 is 0 Å². The Labute approximate surface area is 222 Å². The maximum Gasteiger partial charge on any atom is 0.146 e. The van der Waals surface area contributed by atoms with Crippen LogP contribution in [0.15, 0.2) is 66.7 Å². The predicted molar refractivity (Wildman–Crippen MR) is 144 cm³/mol. The number of anilines is 1. The van der Waals surface area contributed by atoms with Crippen molar-refractivity contribution in [2.75, 3.05) is 44.6 Å². The number of likely N-dealkylation sites (N-methyl/N-ethyl adjacent to an activating group) is 1. The SMILES string of the molecule is CCN(CC)C(CNc1cc(F)ccc1F)(NCC(c1cccc(F)c1)N1CCCC1)c1cccc(F)c1. The normalized spacial score (nSPS) is 16.5. The van der Waals surface area contributed by atoms with E-state index in [4.69, 9.17) is 0 Å². The molecular weight excluding hydrogens is 492 g/mol. The molecule has 3 aromatic carbocycles. The number of hydrogen-bond acceptors (Lipinski definition) is 4. The van der Waals surface area contributed by atoms with Crippen LogP contribution in [-0.2, 0) is 5.66 Å². The molecule has 204 valence electrons. The Morgan fingerprint density at radius 1 is 0.842 bits per heavy atom. The molecule has 0 saturated carbocycles. The van der Waals surface area contributed by atoms with Crippen molar-refractivity contribution >= 4 is 5.69 Å². The average molecular weight is 529 g/mol. The molecule has 1 fully saturated rings. The van der Waals surface area contributed by atoms with Crippen LogP contribution in [0.1, 0.15) is 43.9 Å². The van der Waals surface area contributed by atoms with Crippen LogP contribution < -0.4 is 10.6 Å². The van der Waals surface area contributed by atoms with E-state index in [2.05, 4.69) is 20.4 Å². The standard InChI is InChI=1S/C30H36F4N4/c1-3-38(4-2)30(23-10-8-12-25(32)18-23,21-35-28-19-26(33)13-14-27(28)34)36-20-29(37-15-5-6-16-37)22-9-7-11-24(31)17-22/h7-14,17-19,29,35-36H,3-6,15-16,20-21H2,1-2H3. The maximum absolute atomic E-state index is 14.6. The van der Waals surface area contributed by atoms with Crippen molar-refractivity contribution < 1.29 is 17.6 Å². The first-order valence-electron chi connectivity index (χ1n) is 13.3. The summed E-state index contributed by atoms with van der Waals surface area (Å²) in [6.45, 7) is 7.60. The van der Waals surface area contributed by atoms with Gasteiger partial charge in [-0.05, 0) is 92.6 Å². The fraction of sp³-hybridized carbons (Fsp3) is 0.400. The van der Waals surface area contributed by atoms with Crippen molar-refractivity contribution in [1.82, 2.24) is 15.1 Å². The highest BCUT2D eigenvalue weighted by Gasteiger charge is 2.39. The highest BCUT2D eigenvalue weighted by Crippen LogP contribution is 2.31. The molecule has 1 heterocycles. The van der Waals surface area contributed by atoms with Crippen LogP contribution in [0.25, 0.3) is 0 Å². The van der Waals surface area contributed by atoms with Gasteiger partial charge in [-0.25, -0.2) is 17.6 Å². The zero-order valence-electron chi connectivity index (χ0n) is 22.0. The van der Waals surface area contributed by atoms with E-state index in [1.54, 1.807) is 18.2 Å². The van der Waals surface area contributed by atoms with Crippen LogP contribution in [0.2, 0.25) is 0 Å². The molecule has 1 aliphatic rings. The molecule has 1 aliphatic heterocycles. The fourth-order valence-corrected chi connectivity index (χ4v) is 5.53. The van der Waals surface area contributed by atoms with Gasteiger partial charge in [0.2, 0.25) is 0 Å². The molecule has 2 N–H and O–H groups in total.